The lowest BCUT2D eigenvalue weighted by atomic mass is 10.0. The van der Waals surface area contributed by atoms with E-state index in [0.29, 0.717) is 41.3 Å². The Bertz CT molecular complexity index is 1120. The second-order valence-electron chi connectivity index (χ2n) is 7.41. The van der Waals surface area contributed by atoms with Gasteiger partial charge in [-0.25, -0.2) is 0 Å². The largest absolute Gasteiger partial charge is 0.493 e. The number of fused-ring (bicyclic) bond motifs is 1. The van der Waals surface area contributed by atoms with Crippen LogP contribution in [0.5, 0.6) is 11.5 Å². The SMILES string of the molecule is COc1cc(CC(C#N)=CNc2ccccc2)c2cc(CC(C)(OC)OC)oc2c1OC. The lowest BCUT2D eigenvalue weighted by Crippen LogP contribution is -2.32. The molecule has 1 N–H and O–H groups in total. The lowest BCUT2D eigenvalue weighted by molar-refractivity contribution is -0.193. The molecule has 0 saturated carbocycles. The molecule has 0 spiro atoms. The van der Waals surface area contributed by atoms with E-state index in [1.807, 2.05) is 49.4 Å². The van der Waals surface area contributed by atoms with Crippen molar-refractivity contribution in [3.63, 3.8) is 0 Å². The van der Waals surface area contributed by atoms with Crippen LogP contribution in [0.2, 0.25) is 0 Å². The van der Waals surface area contributed by atoms with Crippen LogP contribution in [0.15, 0.2) is 58.7 Å². The van der Waals surface area contributed by atoms with Gasteiger partial charge in [-0.15, -0.1) is 0 Å². The van der Waals surface area contributed by atoms with Gasteiger partial charge in [-0.2, -0.15) is 5.26 Å². The van der Waals surface area contributed by atoms with Gasteiger partial charge in [0.1, 0.15) is 5.76 Å². The molecular formula is C25H28N2O5. The minimum absolute atomic E-state index is 0.387. The zero-order chi connectivity index (χ0) is 23.1. The average Bonchev–Trinajstić information content (AvgIpc) is 3.25. The number of furan rings is 1. The number of rotatable bonds is 10. The Hall–Kier alpha value is -3.47. The molecule has 0 unspecified atom stereocenters. The summed E-state index contributed by atoms with van der Waals surface area (Å²) in [5, 5.41) is 13.7. The number of methoxy groups -OCH3 is 4. The first-order chi connectivity index (χ1) is 15.5. The molecule has 0 atom stereocenters. The predicted octanol–water partition coefficient (Wildman–Crippen LogP) is 5.06. The summed E-state index contributed by atoms with van der Waals surface area (Å²) in [6, 6.07) is 15.8. The standard InChI is InChI=1S/C25H28N2O5/c1-25(30-4,31-5)14-20-13-21-18(12-22(28-2)24(29-3)23(21)32-20)11-17(15-26)16-27-19-9-7-6-8-10-19/h6-10,12-13,16,27H,11,14H2,1-5H3. The number of nitrogens with zero attached hydrogens (tertiary/aromatic N) is 1. The predicted molar refractivity (Wildman–Crippen MR) is 123 cm³/mol. The number of nitrogens with one attached hydrogen (secondary N) is 1. The van der Waals surface area contributed by atoms with Gasteiger partial charge in [0.25, 0.3) is 0 Å². The minimum Gasteiger partial charge on any atom is -0.493 e. The summed E-state index contributed by atoms with van der Waals surface area (Å²) in [7, 11) is 6.32. The zero-order valence-electron chi connectivity index (χ0n) is 19.0. The van der Waals surface area contributed by atoms with E-state index in [-0.39, 0.29) is 0 Å². The second kappa shape index (κ2) is 10.2. The van der Waals surface area contributed by atoms with Crippen LogP contribution in [0.4, 0.5) is 5.69 Å². The molecule has 0 aliphatic rings. The van der Waals surface area contributed by atoms with Gasteiger partial charge in [0.15, 0.2) is 17.1 Å². The van der Waals surface area contributed by atoms with Crippen LogP contribution in [0.3, 0.4) is 0 Å². The highest BCUT2D eigenvalue weighted by atomic mass is 16.7. The number of hydrogen-bond donors (Lipinski definition) is 1. The first-order valence-electron chi connectivity index (χ1n) is 10.1. The summed E-state index contributed by atoms with van der Waals surface area (Å²) in [5.41, 5.74) is 2.90. The van der Waals surface area contributed by atoms with E-state index in [4.69, 9.17) is 23.4 Å². The van der Waals surface area contributed by atoms with E-state index >= 15 is 0 Å². The first kappa shape index (κ1) is 23.2. The molecule has 1 aromatic heterocycles. The van der Waals surface area contributed by atoms with Gasteiger partial charge >= 0.3 is 0 Å². The number of allylic oxidation sites excluding steroid dienone is 1. The van der Waals surface area contributed by atoms with Crippen molar-refractivity contribution in [2.24, 2.45) is 0 Å². The molecular weight excluding hydrogens is 408 g/mol. The smallest absolute Gasteiger partial charge is 0.204 e. The Morgan fingerprint density at radius 2 is 1.81 bits per heavy atom. The van der Waals surface area contributed by atoms with Gasteiger partial charge in [-0.3, -0.25) is 0 Å². The fourth-order valence-electron chi connectivity index (χ4n) is 3.42. The third-order valence-electron chi connectivity index (χ3n) is 5.36. The van der Waals surface area contributed by atoms with Crippen molar-refractivity contribution in [1.82, 2.24) is 0 Å². The average molecular weight is 437 g/mol. The van der Waals surface area contributed by atoms with Crippen LogP contribution in [0.25, 0.3) is 11.0 Å². The van der Waals surface area contributed by atoms with Crippen molar-refractivity contribution in [1.29, 1.82) is 5.26 Å². The van der Waals surface area contributed by atoms with Crippen molar-refractivity contribution in [2.75, 3.05) is 33.8 Å². The zero-order valence-corrected chi connectivity index (χ0v) is 19.0. The summed E-state index contributed by atoms with van der Waals surface area (Å²) in [6.45, 7) is 1.84. The van der Waals surface area contributed by atoms with Gasteiger partial charge < -0.3 is 28.7 Å². The van der Waals surface area contributed by atoms with E-state index in [1.54, 1.807) is 34.6 Å². The van der Waals surface area contributed by atoms with Crippen molar-refractivity contribution in [3.05, 3.63) is 65.6 Å². The highest BCUT2D eigenvalue weighted by molar-refractivity contribution is 5.90. The molecule has 3 rings (SSSR count). The van der Waals surface area contributed by atoms with Gasteiger partial charge in [0, 0.05) is 43.5 Å². The van der Waals surface area contributed by atoms with Crippen molar-refractivity contribution < 1.29 is 23.4 Å². The third kappa shape index (κ3) is 5.05. The number of ether oxygens (including phenoxy) is 4. The van der Waals surface area contributed by atoms with E-state index in [0.717, 1.165) is 16.6 Å². The fourth-order valence-corrected chi connectivity index (χ4v) is 3.42. The van der Waals surface area contributed by atoms with Gasteiger partial charge in [-0.1, -0.05) is 18.2 Å². The van der Waals surface area contributed by atoms with E-state index in [9.17, 15) is 5.26 Å². The molecule has 1 heterocycles. The maximum Gasteiger partial charge on any atom is 0.204 e. The Balaban J connectivity index is 2.02. The Kier molecular flexibility index (Phi) is 7.41. The number of nitriles is 1. The number of benzene rings is 2. The quantitative estimate of drug-likeness (QED) is 0.351. The summed E-state index contributed by atoms with van der Waals surface area (Å²) >= 11 is 0. The molecule has 7 heteroatoms. The number of anilines is 1. The molecule has 0 radical (unpaired) electrons. The molecule has 168 valence electrons. The molecule has 2 aromatic carbocycles. The first-order valence-corrected chi connectivity index (χ1v) is 10.1. The maximum absolute atomic E-state index is 9.72. The molecule has 3 aromatic rings. The highest BCUT2D eigenvalue weighted by Crippen LogP contribution is 2.41. The maximum atomic E-state index is 9.72. The Morgan fingerprint density at radius 3 is 2.41 bits per heavy atom. The topological polar surface area (TPSA) is 85.9 Å². The molecule has 0 fully saturated rings. The lowest BCUT2D eigenvalue weighted by Gasteiger charge is -2.25. The molecule has 0 saturated heterocycles. The molecule has 0 amide bonds. The van der Waals surface area contributed by atoms with Crippen molar-refractivity contribution in [3.8, 4) is 17.6 Å². The Labute approximate surface area is 188 Å². The van der Waals surface area contributed by atoms with Crippen LogP contribution < -0.4 is 14.8 Å². The van der Waals surface area contributed by atoms with Gasteiger partial charge in [-0.05, 0) is 36.8 Å². The third-order valence-corrected chi connectivity index (χ3v) is 5.36. The Morgan fingerprint density at radius 1 is 1.09 bits per heavy atom. The van der Waals surface area contributed by atoms with Gasteiger partial charge in [0.05, 0.1) is 26.7 Å². The normalized spacial score (nSPS) is 11.9. The van der Waals surface area contributed by atoms with Crippen LogP contribution in [-0.2, 0) is 22.3 Å². The minimum atomic E-state index is -0.831. The van der Waals surface area contributed by atoms with Crippen LogP contribution in [0, 0.1) is 11.3 Å². The van der Waals surface area contributed by atoms with Crippen molar-refractivity contribution >= 4 is 16.7 Å². The van der Waals surface area contributed by atoms with Gasteiger partial charge in [0.2, 0.25) is 5.75 Å². The summed E-state index contributed by atoms with van der Waals surface area (Å²) in [6.07, 6.45) is 2.50. The fraction of sp³-hybridized carbons (Fsp3) is 0.320. The van der Waals surface area contributed by atoms with E-state index < -0.39 is 5.79 Å². The van der Waals surface area contributed by atoms with E-state index in [1.165, 1.54) is 0 Å². The molecule has 7 nitrogen and oxygen atoms in total. The molecule has 0 bridgehead atoms. The highest BCUT2D eigenvalue weighted by Gasteiger charge is 2.27. The van der Waals surface area contributed by atoms with Crippen LogP contribution >= 0.6 is 0 Å². The second-order valence-corrected chi connectivity index (χ2v) is 7.41. The molecule has 0 aliphatic carbocycles. The number of hydrogen-bond acceptors (Lipinski definition) is 7. The molecule has 32 heavy (non-hydrogen) atoms. The number of para-hydroxylation sites is 1. The van der Waals surface area contributed by atoms with E-state index in [2.05, 4.69) is 11.4 Å². The summed E-state index contributed by atoms with van der Waals surface area (Å²) in [4.78, 5) is 0. The van der Waals surface area contributed by atoms with Crippen molar-refractivity contribution in [2.45, 2.75) is 25.6 Å². The molecule has 0 aliphatic heterocycles. The van der Waals surface area contributed by atoms with Crippen LogP contribution in [-0.4, -0.2) is 34.2 Å². The summed E-state index contributed by atoms with van der Waals surface area (Å²) < 4.78 is 28.2. The van der Waals surface area contributed by atoms with Crippen LogP contribution in [0.1, 0.15) is 18.2 Å². The monoisotopic (exact) mass is 436 g/mol. The summed E-state index contributed by atoms with van der Waals surface area (Å²) in [5.74, 6) is 0.871.